The Morgan fingerprint density at radius 2 is 1.61 bits per heavy atom. The summed E-state index contributed by atoms with van der Waals surface area (Å²) >= 11 is 0. The third-order valence-electron chi connectivity index (χ3n) is 6.23. The highest BCUT2D eigenvalue weighted by Gasteiger charge is 2.24. The van der Waals surface area contributed by atoms with E-state index in [2.05, 4.69) is 10.2 Å². The number of amides is 2. The standard InChI is InChI=1S/C27H24N4O5/c32-26(17-19-5-9-23(10-6-19)31(34)35)28-21-7-11-22(12-8-21)29-13-15-30(16-14-29)27(33)25-18-20-3-1-2-4-24(20)36-25/h1-12,18H,13-17H2,(H,28,32). The van der Waals surface area contributed by atoms with E-state index in [0.717, 1.165) is 11.1 Å². The second kappa shape index (κ2) is 9.91. The summed E-state index contributed by atoms with van der Waals surface area (Å²) < 4.78 is 5.73. The highest BCUT2D eigenvalue weighted by atomic mass is 16.6. The van der Waals surface area contributed by atoms with E-state index in [4.69, 9.17) is 4.42 Å². The maximum absolute atomic E-state index is 12.9. The van der Waals surface area contributed by atoms with Gasteiger partial charge in [0.05, 0.1) is 11.3 Å². The van der Waals surface area contributed by atoms with E-state index in [0.29, 0.717) is 48.8 Å². The number of benzene rings is 3. The van der Waals surface area contributed by atoms with Crippen LogP contribution < -0.4 is 10.2 Å². The van der Waals surface area contributed by atoms with E-state index in [-0.39, 0.29) is 23.9 Å². The maximum atomic E-state index is 12.9. The number of rotatable bonds is 6. The molecule has 3 aromatic carbocycles. The Labute approximate surface area is 207 Å². The molecule has 1 aliphatic rings. The van der Waals surface area contributed by atoms with Crippen LogP contribution in [-0.4, -0.2) is 47.8 Å². The zero-order valence-electron chi connectivity index (χ0n) is 19.4. The van der Waals surface area contributed by atoms with Crippen LogP contribution in [0.1, 0.15) is 16.1 Å². The summed E-state index contributed by atoms with van der Waals surface area (Å²) in [6.45, 7) is 2.56. The number of furan rings is 1. The minimum Gasteiger partial charge on any atom is -0.451 e. The first-order valence-electron chi connectivity index (χ1n) is 11.6. The SMILES string of the molecule is O=C(Cc1ccc([N+](=O)[O-])cc1)Nc1ccc(N2CCN(C(=O)c3cc4ccccc4o3)CC2)cc1. The molecule has 0 spiro atoms. The monoisotopic (exact) mass is 484 g/mol. The zero-order chi connectivity index (χ0) is 25.1. The van der Waals surface area contributed by atoms with Gasteiger partial charge < -0.3 is 19.5 Å². The molecule has 0 aliphatic carbocycles. The summed E-state index contributed by atoms with van der Waals surface area (Å²) in [7, 11) is 0. The molecule has 5 rings (SSSR count). The first-order valence-corrected chi connectivity index (χ1v) is 11.6. The van der Waals surface area contributed by atoms with Crippen LogP contribution in [0.25, 0.3) is 11.0 Å². The summed E-state index contributed by atoms with van der Waals surface area (Å²) in [6, 6.07) is 22.9. The lowest BCUT2D eigenvalue weighted by Gasteiger charge is -2.35. The quantitative estimate of drug-likeness (QED) is 0.319. The molecule has 2 heterocycles. The van der Waals surface area contributed by atoms with E-state index < -0.39 is 4.92 Å². The molecule has 1 fully saturated rings. The molecule has 36 heavy (non-hydrogen) atoms. The number of nitro benzene ring substituents is 1. The number of fused-ring (bicyclic) bond motifs is 1. The van der Waals surface area contributed by atoms with E-state index in [1.807, 2.05) is 48.5 Å². The average Bonchev–Trinajstić information content (AvgIpc) is 3.33. The van der Waals surface area contributed by atoms with Gasteiger partial charge in [-0.25, -0.2) is 0 Å². The number of hydrogen-bond donors (Lipinski definition) is 1. The summed E-state index contributed by atoms with van der Waals surface area (Å²) in [5.41, 5.74) is 3.09. The van der Waals surface area contributed by atoms with Gasteiger partial charge in [0.15, 0.2) is 5.76 Å². The fourth-order valence-electron chi connectivity index (χ4n) is 4.29. The Hall–Kier alpha value is -4.66. The van der Waals surface area contributed by atoms with Gasteiger partial charge in [-0.15, -0.1) is 0 Å². The minimum absolute atomic E-state index is 0.00512. The summed E-state index contributed by atoms with van der Waals surface area (Å²) in [5, 5.41) is 14.5. The Kier molecular flexibility index (Phi) is 6.36. The van der Waals surface area contributed by atoms with Gasteiger partial charge in [-0.05, 0) is 42.0 Å². The predicted molar refractivity (Wildman–Crippen MR) is 136 cm³/mol. The lowest BCUT2D eigenvalue weighted by molar-refractivity contribution is -0.384. The number of nitrogens with zero attached hydrogens (tertiary/aromatic N) is 3. The molecule has 182 valence electrons. The van der Waals surface area contributed by atoms with Crippen molar-refractivity contribution in [2.45, 2.75) is 6.42 Å². The van der Waals surface area contributed by atoms with Gasteiger partial charge in [0, 0.05) is 55.1 Å². The smallest absolute Gasteiger partial charge is 0.289 e. The lowest BCUT2D eigenvalue weighted by atomic mass is 10.1. The number of nitrogens with one attached hydrogen (secondary N) is 1. The number of anilines is 2. The second-order valence-electron chi connectivity index (χ2n) is 8.62. The van der Waals surface area contributed by atoms with Gasteiger partial charge in [-0.3, -0.25) is 19.7 Å². The molecule has 9 nitrogen and oxygen atoms in total. The van der Waals surface area contributed by atoms with Crippen molar-refractivity contribution in [1.29, 1.82) is 0 Å². The third kappa shape index (κ3) is 5.05. The van der Waals surface area contributed by atoms with Crippen molar-refractivity contribution in [2.75, 3.05) is 36.4 Å². The number of piperazine rings is 1. The van der Waals surface area contributed by atoms with Crippen molar-refractivity contribution in [3.05, 3.63) is 100 Å². The van der Waals surface area contributed by atoms with Crippen LogP contribution in [0.15, 0.2) is 83.3 Å². The van der Waals surface area contributed by atoms with Crippen LogP contribution in [0.3, 0.4) is 0 Å². The fraction of sp³-hybridized carbons (Fsp3) is 0.185. The Morgan fingerprint density at radius 3 is 2.28 bits per heavy atom. The van der Waals surface area contributed by atoms with Crippen molar-refractivity contribution >= 4 is 39.8 Å². The summed E-state index contributed by atoms with van der Waals surface area (Å²) in [4.78, 5) is 39.5. The van der Waals surface area contributed by atoms with Gasteiger partial charge in [-0.1, -0.05) is 30.3 Å². The van der Waals surface area contributed by atoms with Gasteiger partial charge in [0.2, 0.25) is 5.91 Å². The summed E-state index contributed by atoms with van der Waals surface area (Å²) in [5.74, 6) is 0.0599. The van der Waals surface area contributed by atoms with Crippen LogP contribution in [0.4, 0.5) is 17.1 Å². The first-order chi connectivity index (χ1) is 17.5. The Bertz CT molecular complexity index is 1370. The topological polar surface area (TPSA) is 109 Å². The first kappa shape index (κ1) is 23.1. The molecule has 9 heteroatoms. The van der Waals surface area contributed by atoms with E-state index in [1.54, 1.807) is 23.1 Å². The Morgan fingerprint density at radius 1 is 0.917 bits per heavy atom. The van der Waals surface area contributed by atoms with E-state index in [1.165, 1.54) is 12.1 Å². The van der Waals surface area contributed by atoms with Crippen LogP contribution in [-0.2, 0) is 11.2 Å². The van der Waals surface area contributed by atoms with Crippen molar-refractivity contribution < 1.29 is 18.9 Å². The van der Waals surface area contributed by atoms with Crippen molar-refractivity contribution in [2.24, 2.45) is 0 Å². The third-order valence-corrected chi connectivity index (χ3v) is 6.23. The van der Waals surface area contributed by atoms with Gasteiger partial charge in [0.1, 0.15) is 5.58 Å². The average molecular weight is 485 g/mol. The highest BCUT2D eigenvalue weighted by molar-refractivity contribution is 5.96. The number of non-ortho nitro benzene ring substituents is 1. The molecular weight excluding hydrogens is 460 g/mol. The van der Waals surface area contributed by atoms with Crippen molar-refractivity contribution in [1.82, 2.24) is 4.90 Å². The van der Waals surface area contributed by atoms with Crippen molar-refractivity contribution in [3.63, 3.8) is 0 Å². The minimum atomic E-state index is -0.468. The number of nitro groups is 1. The predicted octanol–water partition coefficient (Wildman–Crippen LogP) is 4.48. The molecule has 0 atom stereocenters. The number of para-hydroxylation sites is 1. The molecule has 0 bridgehead atoms. The van der Waals surface area contributed by atoms with E-state index >= 15 is 0 Å². The van der Waals surface area contributed by atoms with Crippen LogP contribution in [0.2, 0.25) is 0 Å². The molecule has 0 radical (unpaired) electrons. The molecule has 0 saturated carbocycles. The second-order valence-corrected chi connectivity index (χ2v) is 8.62. The van der Waals surface area contributed by atoms with Crippen LogP contribution in [0, 0.1) is 10.1 Å². The van der Waals surface area contributed by atoms with Gasteiger partial charge >= 0.3 is 0 Å². The Balaban J connectivity index is 1.13. The fourth-order valence-corrected chi connectivity index (χ4v) is 4.29. The van der Waals surface area contributed by atoms with Gasteiger partial charge in [-0.2, -0.15) is 0 Å². The zero-order valence-corrected chi connectivity index (χ0v) is 19.4. The van der Waals surface area contributed by atoms with Gasteiger partial charge in [0.25, 0.3) is 11.6 Å². The van der Waals surface area contributed by atoms with Crippen LogP contribution in [0.5, 0.6) is 0 Å². The molecule has 1 saturated heterocycles. The lowest BCUT2D eigenvalue weighted by Crippen LogP contribution is -2.48. The molecule has 2 amide bonds. The molecule has 1 aromatic heterocycles. The molecular formula is C27H24N4O5. The van der Waals surface area contributed by atoms with Crippen LogP contribution >= 0.6 is 0 Å². The number of hydrogen-bond acceptors (Lipinski definition) is 6. The highest BCUT2D eigenvalue weighted by Crippen LogP contribution is 2.23. The molecule has 4 aromatic rings. The van der Waals surface area contributed by atoms with E-state index in [9.17, 15) is 19.7 Å². The normalized spacial score (nSPS) is 13.6. The largest absolute Gasteiger partial charge is 0.451 e. The summed E-state index contributed by atoms with van der Waals surface area (Å²) in [6.07, 6.45) is 0.126. The molecule has 1 aliphatic heterocycles. The number of carbonyl (C=O) groups is 2. The van der Waals surface area contributed by atoms with Crippen molar-refractivity contribution in [3.8, 4) is 0 Å². The molecule has 1 N–H and O–H groups in total. The maximum Gasteiger partial charge on any atom is 0.289 e. The number of carbonyl (C=O) groups excluding carboxylic acids is 2. The molecule has 0 unspecified atom stereocenters.